The number of methoxy groups -OCH3 is 1. The van der Waals surface area contributed by atoms with Gasteiger partial charge < -0.3 is 15.0 Å². The van der Waals surface area contributed by atoms with Gasteiger partial charge in [0.1, 0.15) is 18.3 Å². The number of hydrogen-bond donors (Lipinski definition) is 1. The SMILES string of the molecule is CCCCNC(=O)[C@@H](CC)N(Cc1ccc(OC)cc1)C(=O)CN(c1ccc(C)cc1)S(=O)(=O)c1ccc(C)cc1. The summed E-state index contributed by atoms with van der Waals surface area (Å²) < 4.78 is 34.2. The van der Waals surface area contributed by atoms with Crippen LogP contribution in [0.4, 0.5) is 5.69 Å². The van der Waals surface area contributed by atoms with Crippen LogP contribution in [0.15, 0.2) is 77.7 Å². The zero-order chi connectivity index (χ0) is 30.0. The molecule has 1 atom stereocenters. The number of amides is 2. The fraction of sp³-hybridized carbons (Fsp3) is 0.375. The van der Waals surface area contributed by atoms with Crippen LogP contribution in [-0.2, 0) is 26.2 Å². The number of nitrogens with one attached hydrogen (secondary N) is 1. The molecule has 0 bridgehead atoms. The van der Waals surface area contributed by atoms with Gasteiger partial charge in [-0.05, 0) is 68.7 Å². The fourth-order valence-electron chi connectivity index (χ4n) is 4.43. The Bertz CT molecular complexity index is 1390. The zero-order valence-corrected chi connectivity index (χ0v) is 25.4. The monoisotopic (exact) mass is 579 g/mol. The second kappa shape index (κ2) is 14.7. The first-order valence-electron chi connectivity index (χ1n) is 14.0. The Morgan fingerprint density at radius 2 is 1.46 bits per heavy atom. The molecule has 0 radical (unpaired) electrons. The van der Waals surface area contributed by atoms with E-state index in [1.165, 1.54) is 4.90 Å². The van der Waals surface area contributed by atoms with Crippen molar-refractivity contribution in [3.63, 3.8) is 0 Å². The summed E-state index contributed by atoms with van der Waals surface area (Å²) in [5, 5.41) is 2.94. The molecular formula is C32H41N3O5S. The van der Waals surface area contributed by atoms with Gasteiger partial charge in [-0.3, -0.25) is 13.9 Å². The van der Waals surface area contributed by atoms with Crippen LogP contribution in [0.1, 0.15) is 49.8 Å². The van der Waals surface area contributed by atoms with Gasteiger partial charge in [0.05, 0.1) is 17.7 Å². The molecule has 0 aliphatic carbocycles. The quantitative estimate of drug-likeness (QED) is 0.264. The van der Waals surface area contributed by atoms with Crippen LogP contribution in [0.25, 0.3) is 0 Å². The Morgan fingerprint density at radius 1 is 0.878 bits per heavy atom. The summed E-state index contributed by atoms with van der Waals surface area (Å²) in [7, 11) is -2.52. The van der Waals surface area contributed by atoms with E-state index in [9.17, 15) is 18.0 Å². The Balaban J connectivity index is 2.02. The van der Waals surface area contributed by atoms with Crippen molar-refractivity contribution in [1.29, 1.82) is 0 Å². The lowest BCUT2D eigenvalue weighted by molar-refractivity contribution is -0.140. The van der Waals surface area contributed by atoms with Gasteiger partial charge in [0.15, 0.2) is 0 Å². The number of benzene rings is 3. The Hall–Kier alpha value is -3.85. The van der Waals surface area contributed by atoms with E-state index < -0.39 is 28.5 Å². The number of nitrogens with zero attached hydrogens (tertiary/aromatic N) is 2. The third kappa shape index (κ3) is 8.33. The number of sulfonamides is 1. The first-order chi connectivity index (χ1) is 19.6. The molecule has 0 fully saturated rings. The highest BCUT2D eigenvalue weighted by molar-refractivity contribution is 7.92. The largest absolute Gasteiger partial charge is 0.497 e. The second-order valence-corrected chi connectivity index (χ2v) is 12.0. The molecule has 0 spiro atoms. The maximum absolute atomic E-state index is 14.1. The molecule has 41 heavy (non-hydrogen) atoms. The van der Waals surface area contributed by atoms with Crippen molar-refractivity contribution < 1.29 is 22.7 Å². The first kappa shape index (κ1) is 31.7. The average molecular weight is 580 g/mol. The zero-order valence-electron chi connectivity index (χ0n) is 24.6. The summed E-state index contributed by atoms with van der Waals surface area (Å²) in [6.45, 7) is 7.85. The predicted molar refractivity (Wildman–Crippen MR) is 162 cm³/mol. The van der Waals surface area contributed by atoms with E-state index in [1.807, 2.05) is 52.0 Å². The van der Waals surface area contributed by atoms with E-state index >= 15 is 0 Å². The summed E-state index contributed by atoms with van der Waals surface area (Å²) in [5.41, 5.74) is 3.05. The molecule has 3 aromatic rings. The summed E-state index contributed by atoms with van der Waals surface area (Å²) >= 11 is 0. The number of carbonyl (C=O) groups is 2. The lowest BCUT2D eigenvalue weighted by atomic mass is 10.1. The number of ether oxygens (including phenoxy) is 1. The van der Waals surface area contributed by atoms with E-state index in [-0.39, 0.29) is 17.3 Å². The summed E-state index contributed by atoms with van der Waals surface area (Å²) in [6.07, 6.45) is 2.12. The van der Waals surface area contributed by atoms with Gasteiger partial charge in [-0.2, -0.15) is 0 Å². The lowest BCUT2D eigenvalue weighted by Gasteiger charge is -2.33. The smallest absolute Gasteiger partial charge is 0.264 e. The predicted octanol–water partition coefficient (Wildman–Crippen LogP) is 5.23. The van der Waals surface area contributed by atoms with E-state index in [2.05, 4.69) is 5.32 Å². The number of anilines is 1. The Labute approximate surface area is 244 Å². The maximum atomic E-state index is 14.1. The molecule has 0 heterocycles. The maximum Gasteiger partial charge on any atom is 0.264 e. The topological polar surface area (TPSA) is 96.0 Å². The van der Waals surface area contributed by atoms with Crippen LogP contribution >= 0.6 is 0 Å². The van der Waals surface area contributed by atoms with Gasteiger partial charge in [-0.1, -0.05) is 67.8 Å². The highest BCUT2D eigenvalue weighted by Gasteiger charge is 2.33. The number of hydrogen-bond acceptors (Lipinski definition) is 5. The molecule has 220 valence electrons. The molecule has 0 aliphatic heterocycles. The molecule has 0 aromatic heterocycles. The van der Waals surface area contributed by atoms with E-state index in [0.717, 1.165) is 33.8 Å². The van der Waals surface area contributed by atoms with Crippen LogP contribution in [0, 0.1) is 13.8 Å². The van der Waals surface area contributed by atoms with Crippen LogP contribution < -0.4 is 14.4 Å². The molecule has 1 N–H and O–H groups in total. The van der Waals surface area contributed by atoms with Gasteiger partial charge in [-0.15, -0.1) is 0 Å². The highest BCUT2D eigenvalue weighted by atomic mass is 32.2. The molecule has 0 saturated carbocycles. The van der Waals surface area contributed by atoms with E-state index in [4.69, 9.17) is 4.74 Å². The van der Waals surface area contributed by atoms with Gasteiger partial charge in [0, 0.05) is 13.1 Å². The number of rotatable bonds is 14. The highest BCUT2D eigenvalue weighted by Crippen LogP contribution is 2.26. The van der Waals surface area contributed by atoms with E-state index in [0.29, 0.717) is 24.4 Å². The fourth-order valence-corrected chi connectivity index (χ4v) is 5.84. The van der Waals surface area contributed by atoms with Crippen LogP contribution in [0.5, 0.6) is 5.75 Å². The molecule has 3 aromatic carbocycles. The van der Waals surface area contributed by atoms with Gasteiger partial charge in [0.25, 0.3) is 10.0 Å². The third-order valence-electron chi connectivity index (χ3n) is 6.94. The number of aryl methyl sites for hydroxylation is 2. The Kier molecular flexibility index (Phi) is 11.3. The standard InChI is InChI=1S/C32H41N3O5S/c1-6-8-21-33-32(37)30(7-2)34(22-26-13-17-28(40-5)18-14-26)31(36)23-35(27-15-9-24(3)10-16-27)41(38,39)29-19-11-25(4)12-20-29/h9-20,30H,6-8,21-23H2,1-5H3,(H,33,37)/t30-/m1/s1. The van der Waals surface area contributed by atoms with Crippen LogP contribution in [-0.4, -0.2) is 51.4 Å². The number of carbonyl (C=O) groups excluding carboxylic acids is 2. The van der Waals surface area contributed by atoms with Crippen molar-refractivity contribution >= 4 is 27.5 Å². The van der Waals surface area contributed by atoms with Crippen LogP contribution in [0.3, 0.4) is 0 Å². The summed E-state index contributed by atoms with van der Waals surface area (Å²) in [6, 6.07) is 20.0. The summed E-state index contributed by atoms with van der Waals surface area (Å²) in [4.78, 5) is 28.9. The lowest BCUT2D eigenvalue weighted by Crippen LogP contribution is -2.52. The first-order valence-corrected chi connectivity index (χ1v) is 15.4. The second-order valence-electron chi connectivity index (χ2n) is 10.1. The van der Waals surface area contributed by atoms with Crippen molar-refractivity contribution in [3.8, 4) is 5.75 Å². The van der Waals surface area contributed by atoms with Crippen molar-refractivity contribution in [1.82, 2.24) is 10.2 Å². The minimum Gasteiger partial charge on any atom is -0.497 e. The molecule has 0 saturated heterocycles. The van der Waals surface area contributed by atoms with E-state index in [1.54, 1.807) is 55.6 Å². The van der Waals surface area contributed by atoms with Gasteiger partial charge in [0.2, 0.25) is 11.8 Å². The molecule has 8 nitrogen and oxygen atoms in total. The minimum atomic E-state index is -4.10. The van der Waals surface area contributed by atoms with Crippen molar-refractivity contribution in [3.05, 3.63) is 89.5 Å². The van der Waals surface area contributed by atoms with Crippen molar-refractivity contribution in [2.24, 2.45) is 0 Å². The van der Waals surface area contributed by atoms with Crippen molar-refractivity contribution in [2.45, 2.75) is 64.4 Å². The number of unbranched alkanes of at least 4 members (excludes halogenated alkanes) is 1. The average Bonchev–Trinajstić information content (AvgIpc) is 2.97. The molecule has 9 heteroatoms. The molecule has 0 aliphatic rings. The minimum absolute atomic E-state index is 0.0857. The Morgan fingerprint density at radius 3 is 2.00 bits per heavy atom. The molecule has 0 unspecified atom stereocenters. The van der Waals surface area contributed by atoms with Gasteiger partial charge >= 0.3 is 0 Å². The third-order valence-corrected chi connectivity index (χ3v) is 8.73. The van der Waals surface area contributed by atoms with Crippen LogP contribution in [0.2, 0.25) is 0 Å². The van der Waals surface area contributed by atoms with Gasteiger partial charge in [-0.25, -0.2) is 8.42 Å². The molecular weight excluding hydrogens is 538 g/mol. The summed E-state index contributed by atoms with van der Waals surface area (Å²) in [5.74, 6) is -0.0635. The normalized spacial score (nSPS) is 11.9. The molecule has 2 amide bonds. The molecule has 3 rings (SSSR count). The van der Waals surface area contributed by atoms with Crippen molar-refractivity contribution in [2.75, 3.05) is 24.5 Å².